The maximum Gasteiger partial charge on any atom is 0.247 e. The minimum atomic E-state index is -0.476. The molecule has 0 radical (unpaired) electrons. The molecule has 0 bridgehead atoms. The van der Waals surface area contributed by atoms with Gasteiger partial charge >= 0.3 is 0 Å². The highest BCUT2D eigenvalue weighted by Crippen LogP contribution is 2.31. The van der Waals surface area contributed by atoms with Gasteiger partial charge in [0, 0.05) is 17.7 Å². The minimum Gasteiger partial charge on any atom is -0.352 e. The van der Waals surface area contributed by atoms with E-state index in [9.17, 15) is 9.18 Å². The van der Waals surface area contributed by atoms with Crippen molar-refractivity contribution in [3.63, 3.8) is 0 Å². The van der Waals surface area contributed by atoms with Crippen LogP contribution in [0.3, 0.4) is 0 Å². The Morgan fingerprint density at radius 1 is 1.32 bits per heavy atom. The van der Waals surface area contributed by atoms with Crippen LogP contribution in [-0.4, -0.2) is 12.5 Å². The van der Waals surface area contributed by atoms with Gasteiger partial charge in [-0.2, -0.15) is 0 Å². The molecule has 2 aromatic rings. The molecule has 1 N–H and O–H groups in total. The monoisotopic (exact) mass is 353 g/mol. The lowest BCUT2D eigenvalue weighted by Gasteiger charge is -2.16. The van der Waals surface area contributed by atoms with E-state index in [0.29, 0.717) is 17.7 Å². The zero-order valence-corrected chi connectivity index (χ0v) is 14.6. The second kappa shape index (κ2) is 7.13. The van der Waals surface area contributed by atoms with E-state index in [1.807, 2.05) is 25.1 Å². The largest absolute Gasteiger partial charge is 0.352 e. The molecule has 0 atom stereocenters. The van der Waals surface area contributed by atoms with Crippen LogP contribution in [0.1, 0.15) is 29.5 Å². The first-order chi connectivity index (χ1) is 12.0. The second-order valence-corrected chi connectivity index (χ2v) is 6.45. The summed E-state index contributed by atoms with van der Waals surface area (Å²) in [4.78, 5) is 12.0. The van der Waals surface area contributed by atoms with E-state index in [-0.39, 0.29) is 10.9 Å². The van der Waals surface area contributed by atoms with Crippen LogP contribution in [0.15, 0.2) is 35.9 Å². The standard InChI is InChI=1S/C21H17ClFNO/c1-3-14-9-17(11-16-5-4-8-24-21(16)25)13(2)18(10-14)15-6-7-19(22)20(23)12-15/h1,6-7,9-12H,4-5,8H2,2H3,(H,24,25)/b16-11+. The van der Waals surface area contributed by atoms with Gasteiger partial charge in [-0.3, -0.25) is 4.79 Å². The van der Waals surface area contributed by atoms with Crippen molar-refractivity contribution in [2.24, 2.45) is 0 Å². The summed E-state index contributed by atoms with van der Waals surface area (Å²) >= 11 is 5.78. The number of nitrogens with one attached hydrogen (secondary N) is 1. The summed E-state index contributed by atoms with van der Waals surface area (Å²) in [7, 11) is 0. The lowest BCUT2D eigenvalue weighted by molar-refractivity contribution is -0.118. The van der Waals surface area contributed by atoms with Gasteiger partial charge in [0.05, 0.1) is 5.02 Å². The van der Waals surface area contributed by atoms with E-state index in [0.717, 1.165) is 35.1 Å². The van der Waals surface area contributed by atoms with Crippen LogP contribution in [0.2, 0.25) is 5.02 Å². The van der Waals surface area contributed by atoms with Crippen LogP contribution >= 0.6 is 11.6 Å². The quantitative estimate of drug-likeness (QED) is 0.613. The third-order valence-electron chi connectivity index (χ3n) is 4.37. The topological polar surface area (TPSA) is 29.1 Å². The molecule has 0 aromatic heterocycles. The molecule has 2 nitrogen and oxygen atoms in total. The predicted octanol–water partition coefficient (Wildman–Crippen LogP) is 4.73. The van der Waals surface area contributed by atoms with Crippen molar-refractivity contribution in [2.45, 2.75) is 19.8 Å². The molecule has 0 aliphatic carbocycles. The molecule has 1 fully saturated rings. The van der Waals surface area contributed by atoms with Gasteiger partial charge in [-0.1, -0.05) is 23.6 Å². The molecule has 1 heterocycles. The summed E-state index contributed by atoms with van der Waals surface area (Å²) in [5, 5.41) is 2.93. The van der Waals surface area contributed by atoms with E-state index in [2.05, 4.69) is 11.2 Å². The normalized spacial score (nSPS) is 15.8. The Morgan fingerprint density at radius 3 is 2.80 bits per heavy atom. The third kappa shape index (κ3) is 3.60. The molecule has 3 rings (SSSR count). The van der Waals surface area contributed by atoms with Crippen LogP contribution in [0, 0.1) is 25.1 Å². The molecule has 1 aliphatic rings. The number of carbonyl (C=O) groups excluding carboxylic acids is 1. The van der Waals surface area contributed by atoms with Crippen LogP contribution in [0.4, 0.5) is 4.39 Å². The Balaban J connectivity index is 2.14. The summed E-state index contributed by atoms with van der Waals surface area (Å²) in [6.07, 6.45) is 9.11. The fourth-order valence-electron chi connectivity index (χ4n) is 2.97. The van der Waals surface area contributed by atoms with Crippen LogP contribution in [0.25, 0.3) is 17.2 Å². The molecule has 126 valence electrons. The lowest BCUT2D eigenvalue weighted by Crippen LogP contribution is -2.30. The van der Waals surface area contributed by atoms with Gasteiger partial charge in [0.1, 0.15) is 5.82 Å². The van der Waals surface area contributed by atoms with E-state index in [1.165, 1.54) is 12.1 Å². The highest BCUT2D eigenvalue weighted by atomic mass is 35.5. The smallest absolute Gasteiger partial charge is 0.247 e. The van der Waals surface area contributed by atoms with Gasteiger partial charge in [0.15, 0.2) is 0 Å². The molecular weight excluding hydrogens is 337 g/mol. The minimum absolute atomic E-state index is 0.0455. The lowest BCUT2D eigenvalue weighted by atomic mass is 9.92. The molecule has 2 aromatic carbocycles. The summed E-state index contributed by atoms with van der Waals surface area (Å²) in [6, 6.07) is 8.41. The van der Waals surface area contributed by atoms with Gasteiger partial charge in [0.25, 0.3) is 0 Å². The van der Waals surface area contributed by atoms with Crippen molar-refractivity contribution in [1.82, 2.24) is 5.32 Å². The maximum absolute atomic E-state index is 13.9. The number of amides is 1. The van der Waals surface area contributed by atoms with E-state index >= 15 is 0 Å². The molecule has 1 aliphatic heterocycles. The van der Waals surface area contributed by atoms with Crippen molar-refractivity contribution in [3.8, 4) is 23.5 Å². The van der Waals surface area contributed by atoms with Crippen molar-refractivity contribution >= 4 is 23.6 Å². The molecule has 0 unspecified atom stereocenters. The Kier molecular flexibility index (Phi) is 4.92. The Labute approximate surface area is 151 Å². The Hall–Kier alpha value is -2.57. The first-order valence-corrected chi connectivity index (χ1v) is 8.43. The molecule has 0 saturated carbocycles. The number of benzene rings is 2. The molecule has 4 heteroatoms. The van der Waals surface area contributed by atoms with Gasteiger partial charge < -0.3 is 5.32 Å². The van der Waals surface area contributed by atoms with E-state index in [4.69, 9.17) is 18.0 Å². The number of piperidine rings is 1. The van der Waals surface area contributed by atoms with Crippen molar-refractivity contribution in [3.05, 3.63) is 63.4 Å². The SMILES string of the molecule is C#Cc1cc(/C=C2\CCCNC2=O)c(C)c(-c2ccc(Cl)c(F)c2)c1. The summed E-state index contributed by atoms with van der Waals surface area (Å²) in [6.45, 7) is 2.64. The van der Waals surface area contributed by atoms with Gasteiger partial charge in [0.2, 0.25) is 5.91 Å². The van der Waals surface area contributed by atoms with Crippen molar-refractivity contribution < 1.29 is 9.18 Å². The number of carbonyl (C=O) groups is 1. The fraction of sp³-hybridized carbons (Fsp3) is 0.190. The Bertz CT molecular complexity index is 924. The predicted molar refractivity (Wildman–Crippen MR) is 99.7 cm³/mol. The zero-order chi connectivity index (χ0) is 18.0. The average Bonchev–Trinajstić information content (AvgIpc) is 2.61. The number of terminal acetylenes is 1. The highest BCUT2D eigenvalue weighted by Gasteiger charge is 2.16. The third-order valence-corrected chi connectivity index (χ3v) is 4.68. The maximum atomic E-state index is 13.9. The molecule has 1 saturated heterocycles. The summed E-state index contributed by atoms with van der Waals surface area (Å²) < 4.78 is 13.9. The fourth-order valence-corrected chi connectivity index (χ4v) is 3.08. The molecular formula is C21H17ClFNO. The van der Waals surface area contributed by atoms with Crippen molar-refractivity contribution in [1.29, 1.82) is 0 Å². The van der Waals surface area contributed by atoms with E-state index < -0.39 is 5.82 Å². The highest BCUT2D eigenvalue weighted by molar-refractivity contribution is 6.30. The van der Waals surface area contributed by atoms with Gasteiger partial charge in [-0.25, -0.2) is 4.39 Å². The van der Waals surface area contributed by atoms with Crippen LogP contribution in [-0.2, 0) is 4.79 Å². The number of halogens is 2. The first kappa shape index (κ1) is 17.3. The molecule has 1 amide bonds. The second-order valence-electron chi connectivity index (χ2n) is 6.04. The average molecular weight is 354 g/mol. The van der Waals surface area contributed by atoms with Gasteiger partial charge in [-0.05, 0) is 72.4 Å². The van der Waals surface area contributed by atoms with E-state index in [1.54, 1.807) is 6.07 Å². The number of rotatable bonds is 2. The van der Waals surface area contributed by atoms with Gasteiger partial charge in [-0.15, -0.1) is 6.42 Å². The molecule has 25 heavy (non-hydrogen) atoms. The van der Waals surface area contributed by atoms with Crippen molar-refractivity contribution in [2.75, 3.05) is 6.54 Å². The summed E-state index contributed by atoms with van der Waals surface area (Å²) in [5.41, 5.74) is 4.74. The Morgan fingerprint density at radius 2 is 2.12 bits per heavy atom. The van der Waals surface area contributed by atoms with Crippen LogP contribution in [0.5, 0.6) is 0 Å². The molecule has 0 spiro atoms. The number of hydrogen-bond donors (Lipinski definition) is 1. The first-order valence-electron chi connectivity index (χ1n) is 8.05. The zero-order valence-electron chi connectivity index (χ0n) is 13.8. The summed E-state index contributed by atoms with van der Waals surface area (Å²) in [5.74, 6) is 2.11. The van der Waals surface area contributed by atoms with Crippen LogP contribution < -0.4 is 5.32 Å². The number of hydrogen-bond acceptors (Lipinski definition) is 1.